The third-order valence-corrected chi connectivity index (χ3v) is 4.00. The van der Waals surface area contributed by atoms with E-state index in [1.54, 1.807) is 16.6 Å². The number of aromatic nitrogens is 3. The summed E-state index contributed by atoms with van der Waals surface area (Å²) in [7, 11) is 1.77. The molecule has 1 aliphatic heterocycles. The van der Waals surface area contributed by atoms with Gasteiger partial charge in [0.1, 0.15) is 24.2 Å². The second kappa shape index (κ2) is 4.04. The molecule has 3 rings (SSSR count). The first-order valence-corrected chi connectivity index (χ1v) is 6.44. The van der Waals surface area contributed by atoms with Gasteiger partial charge in [0.2, 0.25) is 11.8 Å². The zero-order chi connectivity index (χ0) is 13.6. The average molecular weight is 263 g/mol. The highest BCUT2D eigenvalue weighted by Gasteiger charge is 2.52. The van der Waals surface area contributed by atoms with Crippen LogP contribution in [-0.2, 0) is 23.2 Å². The van der Waals surface area contributed by atoms with E-state index in [1.165, 1.54) is 6.33 Å². The molecule has 2 fully saturated rings. The van der Waals surface area contributed by atoms with Gasteiger partial charge in [-0.25, -0.2) is 4.98 Å². The lowest BCUT2D eigenvalue weighted by Gasteiger charge is -2.39. The SMILES string of the molecule is Cn1ncnc1CN1CC(=O)NC(C)(C2CC2)C1=O. The molecule has 0 bridgehead atoms. The largest absolute Gasteiger partial charge is 0.340 e. The first-order valence-electron chi connectivity index (χ1n) is 6.44. The Morgan fingerprint density at radius 3 is 2.79 bits per heavy atom. The zero-order valence-corrected chi connectivity index (χ0v) is 11.1. The Kier molecular flexibility index (Phi) is 2.58. The van der Waals surface area contributed by atoms with Gasteiger partial charge >= 0.3 is 0 Å². The van der Waals surface area contributed by atoms with Gasteiger partial charge in [-0.2, -0.15) is 5.10 Å². The van der Waals surface area contributed by atoms with E-state index >= 15 is 0 Å². The number of rotatable bonds is 3. The molecule has 1 aliphatic carbocycles. The summed E-state index contributed by atoms with van der Waals surface area (Å²) < 4.78 is 1.62. The van der Waals surface area contributed by atoms with E-state index in [0.717, 1.165) is 12.8 Å². The second-order valence-electron chi connectivity index (χ2n) is 5.49. The molecule has 1 saturated carbocycles. The number of carbonyl (C=O) groups is 2. The van der Waals surface area contributed by atoms with E-state index in [0.29, 0.717) is 12.4 Å². The van der Waals surface area contributed by atoms with Crippen molar-refractivity contribution in [3.63, 3.8) is 0 Å². The van der Waals surface area contributed by atoms with Gasteiger partial charge in [0, 0.05) is 7.05 Å². The number of nitrogens with one attached hydrogen (secondary N) is 1. The van der Waals surface area contributed by atoms with E-state index in [9.17, 15) is 9.59 Å². The van der Waals surface area contributed by atoms with Crippen LogP contribution in [0.3, 0.4) is 0 Å². The highest BCUT2D eigenvalue weighted by Crippen LogP contribution is 2.41. The molecule has 102 valence electrons. The third kappa shape index (κ3) is 1.98. The normalized spacial score (nSPS) is 27.6. The Morgan fingerprint density at radius 2 is 2.21 bits per heavy atom. The zero-order valence-electron chi connectivity index (χ0n) is 11.1. The van der Waals surface area contributed by atoms with Gasteiger partial charge in [-0.05, 0) is 25.7 Å². The Hall–Kier alpha value is -1.92. The number of nitrogens with zero attached hydrogens (tertiary/aromatic N) is 4. The molecule has 0 spiro atoms. The molecule has 1 saturated heterocycles. The molecule has 7 nitrogen and oxygen atoms in total. The summed E-state index contributed by atoms with van der Waals surface area (Å²) in [5.74, 6) is 0.834. The fourth-order valence-corrected chi connectivity index (χ4v) is 2.66. The summed E-state index contributed by atoms with van der Waals surface area (Å²) in [6.45, 7) is 2.24. The molecule has 19 heavy (non-hydrogen) atoms. The van der Waals surface area contributed by atoms with Crippen molar-refractivity contribution in [1.82, 2.24) is 25.0 Å². The highest BCUT2D eigenvalue weighted by atomic mass is 16.2. The van der Waals surface area contributed by atoms with E-state index in [-0.39, 0.29) is 24.3 Å². The lowest BCUT2D eigenvalue weighted by molar-refractivity contribution is -0.151. The molecule has 2 aliphatic rings. The molecule has 1 N–H and O–H groups in total. The molecule has 0 radical (unpaired) electrons. The van der Waals surface area contributed by atoms with Gasteiger partial charge < -0.3 is 10.2 Å². The molecule has 1 aromatic heterocycles. The van der Waals surface area contributed by atoms with Gasteiger partial charge in [-0.1, -0.05) is 0 Å². The van der Waals surface area contributed by atoms with Crippen molar-refractivity contribution in [3.05, 3.63) is 12.2 Å². The average Bonchev–Trinajstić information content (AvgIpc) is 3.13. The van der Waals surface area contributed by atoms with Crippen molar-refractivity contribution < 1.29 is 9.59 Å². The molecular weight excluding hydrogens is 246 g/mol. The lowest BCUT2D eigenvalue weighted by atomic mass is 9.91. The first kappa shape index (κ1) is 12.1. The van der Waals surface area contributed by atoms with Gasteiger partial charge in [-0.3, -0.25) is 14.3 Å². The fraction of sp³-hybridized carbons (Fsp3) is 0.667. The van der Waals surface area contributed by atoms with Gasteiger partial charge in [-0.15, -0.1) is 0 Å². The maximum atomic E-state index is 12.6. The number of hydrogen-bond donors (Lipinski definition) is 1. The predicted octanol–water partition coefficient (Wildman–Crippen LogP) is -0.558. The summed E-state index contributed by atoms with van der Waals surface area (Å²) in [4.78, 5) is 30.1. The number of aryl methyl sites for hydroxylation is 1. The summed E-state index contributed by atoms with van der Waals surface area (Å²) in [5, 5.41) is 6.83. The van der Waals surface area contributed by atoms with Crippen molar-refractivity contribution in [3.8, 4) is 0 Å². The molecular formula is C12H17N5O2. The number of piperazine rings is 1. The van der Waals surface area contributed by atoms with E-state index in [4.69, 9.17) is 0 Å². The highest BCUT2D eigenvalue weighted by molar-refractivity contribution is 5.98. The van der Waals surface area contributed by atoms with Crippen molar-refractivity contribution in [2.45, 2.75) is 31.8 Å². The number of carbonyl (C=O) groups excluding carboxylic acids is 2. The standard InChI is InChI=1S/C12H17N5O2/c1-12(8-3-4-8)11(19)17(6-10(18)15-12)5-9-13-7-14-16(9)2/h7-8H,3-6H2,1-2H3,(H,15,18). The van der Waals surface area contributed by atoms with Crippen LogP contribution in [0.1, 0.15) is 25.6 Å². The monoisotopic (exact) mass is 263 g/mol. The van der Waals surface area contributed by atoms with Crippen molar-refractivity contribution in [2.75, 3.05) is 6.54 Å². The minimum atomic E-state index is -0.742. The Labute approximate surface area is 111 Å². The maximum Gasteiger partial charge on any atom is 0.249 e. The van der Waals surface area contributed by atoms with Gasteiger partial charge in [0.25, 0.3) is 0 Å². The van der Waals surface area contributed by atoms with Gasteiger partial charge in [0.05, 0.1) is 6.54 Å². The van der Waals surface area contributed by atoms with Crippen LogP contribution < -0.4 is 5.32 Å². The lowest BCUT2D eigenvalue weighted by Crippen LogP contribution is -2.66. The van der Waals surface area contributed by atoms with Crippen LogP contribution in [-0.4, -0.2) is 43.6 Å². The summed E-state index contributed by atoms with van der Waals surface area (Å²) in [6, 6.07) is 0. The Bertz CT molecular complexity index is 536. The smallest absolute Gasteiger partial charge is 0.249 e. The Morgan fingerprint density at radius 1 is 1.47 bits per heavy atom. The summed E-state index contributed by atoms with van der Waals surface area (Å²) >= 11 is 0. The van der Waals surface area contributed by atoms with Crippen LogP contribution in [0, 0.1) is 5.92 Å². The van der Waals surface area contributed by atoms with Crippen molar-refractivity contribution >= 4 is 11.8 Å². The van der Waals surface area contributed by atoms with E-state index in [2.05, 4.69) is 15.4 Å². The minimum absolute atomic E-state index is 0.0161. The van der Waals surface area contributed by atoms with Crippen LogP contribution >= 0.6 is 0 Å². The van der Waals surface area contributed by atoms with Crippen molar-refractivity contribution in [1.29, 1.82) is 0 Å². The molecule has 2 amide bonds. The molecule has 1 aromatic rings. The second-order valence-corrected chi connectivity index (χ2v) is 5.49. The van der Waals surface area contributed by atoms with Crippen LogP contribution in [0.4, 0.5) is 0 Å². The first-order chi connectivity index (χ1) is 9.00. The van der Waals surface area contributed by atoms with E-state index in [1.807, 2.05) is 6.92 Å². The number of amides is 2. The summed E-state index contributed by atoms with van der Waals surface area (Å²) in [5.41, 5.74) is -0.742. The molecule has 1 atom stereocenters. The topological polar surface area (TPSA) is 80.1 Å². The minimum Gasteiger partial charge on any atom is -0.340 e. The van der Waals surface area contributed by atoms with E-state index < -0.39 is 5.54 Å². The Balaban J connectivity index is 1.82. The van der Waals surface area contributed by atoms with Crippen LogP contribution in [0.2, 0.25) is 0 Å². The van der Waals surface area contributed by atoms with Gasteiger partial charge in [0.15, 0.2) is 0 Å². The quantitative estimate of drug-likeness (QED) is 0.793. The predicted molar refractivity (Wildman–Crippen MR) is 65.7 cm³/mol. The van der Waals surface area contributed by atoms with Crippen LogP contribution in [0.15, 0.2) is 6.33 Å². The van der Waals surface area contributed by atoms with Crippen LogP contribution in [0.25, 0.3) is 0 Å². The molecule has 0 aromatic carbocycles. The molecule has 7 heteroatoms. The van der Waals surface area contributed by atoms with Crippen LogP contribution in [0.5, 0.6) is 0 Å². The summed E-state index contributed by atoms with van der Waals surface area (Å²) in [6.07, 6.45) is 3.45. The molecule has 1 unspecified atom stereocenters. The fourth-order valence-electron chi connectivity index (χ4n) is 2.66. The molecule has 2 heterocycles. The maximum absolute atomic E-state index is 12.6. The number of hydrogen-bond acceptors (Lipinski definition) is 4. The van der Waals surface area contributed by atoms with Crippen molar-refractivity contribution in [2.24, 2.45) is 13.0 Å². The third-order valence-electron chi connectivity index (χ3n) is 4.00.